The van der Waals surface area contributed by atoms with E-state index in [4.69, 9.17) is 5.26 Å². The Bertz CT molecular complexity index is 984. The van der Waals surface area contributed by atoms with E-state index in [-0.39, 0.29) is 31.4 Å². The van der Waals surface area contributed by atoms with E-state index in [1.54, 1.807) is 24.3 Å². The molecule has 0 unspecified atom stereocenters. The van der Waals surface area contributed by atoms with Gasteiger partial charge in [0, 0.05) is 26.7 Å². The maximum absolute atomic E-state index is 12.6. The number of hydroxylamine groups is 2. The maximum atomic E-state index is 12.6. The van der Waals surface area contributed by atoms with Crippen molar-refractivity contribution in [2.75, 3.05) is 26.7 Å². The van der Waals surface area contributed by atoms with Gasteiger partial charge in [0.1, 0.15) is 6.33 Å². The third-order valence-electron chi connectivity index (χ3n) is 4.49. The Kier molecular flexibility index (Phi) is 6.02. The van der Waals surface area contributed by atoms with Crippen molar-refractivity contribution in [2.45, 2.75) is 12.6 Å². The first-order chi connectivity index (χ1) is 14.2. The van der Waals surface area contributed by atoms with Crippen molar-refractivity contribution in [1.82, 2.24) is 24.7 Å². The van der Waals surface area contributed by atoms with Crippen molar-refractivity contribution in [1.29, 1.82) is 5.26 Å². The molecule has 12 heteroatoms. The zero-order chi connectivity index (χ0) is 21.9. The van der Waals surface area contributed by atoms with E-state index in [0.29, 0.717) is 17.7 Å². The average Bonchev–Trinajstić information content (AvgIpc) is 3.36. The summed E-state index contributed by atoms with van der Waals surface area (Å²) in [6.07, 6.45) is -3.24. The zero-order valence-electron chi connectivity index (χ0n) is 15.8. The van der Waals surface area contributed by atoms with Gasteiger partial charge >= 0.3 is 12.1 Å². The molecule has 1 aliphatic rings. The molecule has 2 heterocycles. The summed E-state index contributed by atoms with van der Waals surface area (Å²) in [5, 5.41) is 14.1. The molecule has 9 nitrogen and oxygen atoms in total. The van der Waals surface area contributed by atoms with Gasteiger partial charge in [0.25, 0.3) is 5.91 Å². The number of aromatic nitrogens is 3. The molecule has 1 fully saturated rings. The summed E-state index contributed by atoms with van der Waals surface area (Å²) in [7, 11) is 1.53. The van der Waals surface area contributed by atoms with E-state index < -0.39 is 18.1 Å². The van der Waals surface area contributed by atoms with Crippen LogP contribution in [0.3, 0.4) is 0 Å². The number of carbonyl (C=O) groups excluding carboxylic acids is 2. The fraction of sp³-hybridized carbons (Fsp3) is 0.389. The van der Waals surface area contributed by atoms with Crippen LogP contribution in [0.15, 0.2) is 30.6 Å². The standard InChI is InChI=1S/C18H17F3N6O3/c1-25(9-13-5-6-26(10-13)30-17(29)18(19,20)21)16(28)15-23-11-27(24-15)14-4-2-3-12(7-14)8-22/h2-4,7,11,13H,5-6,9-10H2,1H3/t13-/m1/s1. The minimum Gasteiger partial charge on any atom is -0.361 e. The Labute approximate surface area is 169 Å². The Morgan fingerprint density at radius 2 is 2.17 bits per heavy atom. The lowest BCUT2D eigenvalue weighted by Gasteiger charge is -2.20. The molecule has 0 bridgehead atoms. The molecule has 1 aliphatic heterocycles. The topological polar surface area (TPSA) is 104 Å². The smallest absolute Gasteiger partial charge is 0.361 e. The minimum atomic E-state index is -5.05. The number of hydrogen-bond acceptors (Lipinski definition) is 7. The van der Waals surface area contributed by atoms with E-state index in [1.807, 2.05) is 6.07 Å². The third kappa shape index (κ3) is 4.93. The summed E-state index contributed by atoms with van der Waals surface area (Å²) in [6, 6.07) is 8.64. The van der Waals surface area contributed by atoms with Crippen molar-refractivity contribution in [2.24, 2.45) is 5.92 Å². The van der Waals surface area contributed by atoms with E-state index in [0.717, 1.165) is 5.06 Å². The summed E-state index contributed by atoms with van der Waals surface area (Å²) in [4.78, 5) is 33.2. The van der Waals surface area contributed by atoms with Gasteiger partial charge in [-0.2, -0.15) is 18.4 Å². The van der Waals surface area contributed by atoms with Crippen LogP contribution in [0.1, 0.15) is 22.6 Å². The van der Waals surface area contributed by atoms with Gasteiger partial charge in [-0.25, -0.2) is 14.5 Å². The van der Waals surface area contributed by atoms with E-state index in [2.05, 4.69) is 14.9 Å². The second-order valence-corrected chi connectivity index (χ2v) is 6.78. The summed E-state index contributed by atoms with van der Waals surface area (Å²) in [5.74, 6) is -2.95. The molecule has 0 N–H and O–H groups in total. The van der Waals surface area contributed by atoms with Gasteiger partial charge in [0.05, 0.1) is 17.3 Å². The van der Waals surface area contributed by atoms with Gasteiger partial charge in [0.15, 0.2) is 0 Å². The number of rotatable bonds is 5. The highest BCUT2D eigenvalue weighted by Crippen LogP contribution is 2.22. The summed E-state index contributed by atoms with van der Waals surface area (Å²) in [5.41, 5.74) is 1.01. The first-order valence-corrected chi connectivity index (χ1v) is 8.89. The number of halogens is 3. The molecule has 2 aromatic rings. The molecule has 1 aromatic heterocycles. The fourth-order valence-corrected chi connectivity index (χ4v) is 3.04. The molecule has 3 rings (SSSR count). The number of benzene rings is 1. The molecule has 1 aromatic carbocycles. The molecular weight excluding hydrogens is 405 g/mol. The number of amides is 1. The predicted molar refractivity (Wildman–Crippen MR) is 94.9 cm³/mol. The molecule has 0 aliphatic carbocycles. The molecule has 0 spiro atoms. The predicted octanol–water partition coefficient (Wildman–Crippen LogP) is 1.55. The lowest BCUT2D eigenvalue weighted by molar-refractivity contribution is -0.235. The van der Waals surface area contributed by atoms with Gasteiger partial charge in [0.2, 0.25) is 5.82 Å². The van der Waals surface area contributed by atoms with Gasteiger partial charge in [-0.05, 0) is 30.5 Å². The largest absolute Gasteiger partial charge is 0.492 e. The number of nitriles is 1. The van der Waals surface area contributed by atoms with Gasteiger partial charge in [-0.1, -0.05) is 6.07 Å². The monoisotopic (exact) mass is 422 g/mol. The van der Waals surface area contributed by atoms with Crippen molar-refractivity contribution in [3.05, 3.63) is 42.0 Å². The highest BCUT2D eigenvalue weighted by Gasteiger charge is 2.43. The van der Waals surface area contributed by atoms with Crippen LogP contribution in [0, 0.1) is 17.2 Å². The fourth-order valence-electron chi connectivity index (χ4n) is 3.04. The normalized spacial score (nSPS) is 16.8. The van der Waals surface area contributed by atoms with Gasteiger partial charge < -0.3 is 9.74 Å². The third-order valence-corrected chi connectivity index (χ3v) is 4.49. The van der Waals surface area contributed by atoms with Crippen molar-refractivity contribution in [3.63, 3.8) is 0 Å². The van der Waals surface area contributed by atoms with Crippen LogP contribution in [-0.4, -0.2) is 69.5 Å². The molecule has 30 heavy (non-hydrogen) atoms. The zero-order valence-corrected chi connectivity index (χ0v) is 15.8. The Morgan fingerprint density at radius 3 is 2.87 bits per heavy atom. The first-order valence-electron chi connectivity index (χ1n) is 8.89. The minimum absolute atomic E-state index is 0.0572. The quantitative estimate of drug-likeness (QED) is 0.720. The highest BCUT2D eigenvalue weighted by atomic mass is 19.4. The number of nitrogens with zero attached hydrogens (tertiary/aromatic N) is 6. The van der Waals surface area contributed by atoms with Crippen LogP contribution < -0.4 is 0 Å². The molecule has 1 atom stereocenters. The summed E-state index contributed by atoms with van der Waals surface area (Å²) >= 11 is 0. The lowest BCUT2D eigenvalue weighted by Crippen LogP contribution is -2.36. The lowest BCUT2D eigenvalue weighted by atomic mass is 10.1. The second-order valence-electron chi connectivity index (χ2n) is 6.78. The Balaban J connectivity index is 1.57. The maximum Gasteiger partial charge on any atom is 0.492 e. The molecule has 158 valence electrons. The number of alkyl halides is 3. The van der Waals surface area contributed by atoms with Gasteiger partial charge in [-0.15, -0.1) is 10.2 Å². The summed E-state index contributed by atoms with van der Waals surface area (Å²) in [6.45, 7) is 0.468. The molecule has 1 saturated heterocycles. The Hall–Kier alpha value is -3.46. The first kappa shape index (κ1) is 21.3. The van der Waals surface area contributed by atoms with Crippen LogP contribution in [0.5, 0.6) is 0 Å². The van der Waals surface area contributed by atoms with Gasteiger partial charge in [-0.3, -0.25) is 4.79 Å². The van der Waals surface area contributed by atoms with Crippen LogP contribution in [0.4, 0.5) is 13.2 Å². The Morgan fingerprint density at radius 1 is 1.40 bits per heavy atom. The molecule has 0 saturated carbocycles. The molecular formula is C18H17F3N6O3. The molecule has 1 amide bonds. The summed E-state index contributed by atoms with van der Waals surface area (Å²) < 4.78 is 38.2. The highest BCUT2D eigenvalue weighted by molar-refractivity contribution is 5.90. The van der Waals surface area contributed by atoms with Crippen LogP contribution in [0.2, 0.25) is 0 Å². The van der Waals surface area contributed by atoms with Crippen LogP contribution in [-0.2, 0) is 9.63 Å². The van der Waals surface area contributed by atoms with Crippen molar-refractivity contribution >= 4 is 11.9 Å². The molecule has 0 radical (unpaired) electrons. The number of carbonyl (C=O) groups is 2. The number of hydrogen-bond donors (Lipinski definition) is 0. The van der Waals surface area contributed by atoms with E-state index >= 15 is 0 Å². The van der Waals surface area contributed by atoms with E-state index in [9.17, 15) is 22.8 Å². The van der Waals surface area contributed by atoms with Crippen LogP contribution in [0.25, 0.3) is 5.69 Å². The average molecular weight is 422 g/mol. The van der Waals surface area contributed by atoms with E-state index in [1.165, 1.54) is 23.0 Å². The van der Waals surface area contributed by atoms with Crippen LogP contribution >= 0.6 is 0 Å². The second kappa shape index (κ2) is 8.50. The van der Waals surface area contributed by atoms with Crippen molar-refractivity contribution < 1.29 is 27.6 Å². The SMILES string of the molecule is CN(C[C@H]1CCN(OC(=O)C(F)(F)F)C1)C(=O)c1ncn(-c2cccc(C#N)c2)n1. The van der Waals surface area contributed by atoms with Crippen molar-refractivity contribution in [3.8, 4) is 11.8 Å².